The van der Waals surface area contributed by atoms with Gasteiger partial charge >= 0.3 is 6.03 Å². The molecule has 0 radical (unpaired) electrons. The van der Waals surface area contributed by atoms with Gasteiger partial charge in [0, 0.05) is 19.7 Å². The van der Waals surface area contributed by atoms with Crippen LogP contribution in [0.5, 0.6) is 0 Å². The van der Waals surface area contributed by atoms with Crippen molar-refractivity contribution in [1.82, 2.24) is 10.2 Å². The Balaban J connectivity index is 1.81. The molecule has 21 heavy (non-hydrogen) atoms. The van der Waals surface area contributed by atoms with Crippen LogP contribution in [0, 0.1) is 5.92 Å². The zero-order valence-corrected chi connectivity index (χ0v) is 12.7. The molecule has 2 rings (SSSR count). The normalized spacial score (nSPS) is 28.8. The fraction of sp³-hybridized carbons (Fsp3) is 0.929. The molecule has 2 saturated heterocycles. The summed E-state index contributed by atoms with van der Waals surface area (Å²) in [5.41, 5.74) is -0.183. The van der Waals surface area contributed by atoms with Crippen LogP contribution in [0.2, 0.25) is 0 Å². The lowest BCUT2D eigenvalue weighted by atomic mass is 9.88. The number of ether oxygens (including phenoxy) is 2. The molecule has 1 N–H and O–H groups in total. The lowest BCUT2D eigenvalue weighted by molar-refractivity contribution is -0.0718. The molecule has 0 saturated carbocycles. The molecule has 0 spiro atoms. The summed E-state index contributed by atoms with van der Waals surface area (Å²) in [6, 6.07) is -0.440. The molecule has 0 aromatic rings. The van der Waals surface area contributed by atoms with Crippen molar-refractivity contribution in [2.45, 2.75) is 38.2 Å². The van der Waals surface area contributed by atoms with E-state index in [-0.39, 0.29) is 18.8 Å². The SMILES string of the molecule is CC1(C)CC(CNC(=O)N2CCOCC(F)(F)C2)CCO1. The number of carbonyl (C=O) groups excluding carboxylic acids is 1. The standard InChI is InChI=1S/C14H24F2N2O3/c1-13(2)7-11(3-5-21-13)8-17-12(19)18-4-6-20-10-14(15,16)9-18/h11H,3-10H2,1-2H3,(H,17,19). The molecule has 7 heteroatoms. The largest absolute Gasteiger partial charge is 0.376 e. The van der Waals surface area contributed by atoms with Crippen molar-refractivity contribution >= 4 is 6.03 Å². The van der Waals surface area contributed by atoms with Crippen LogP contribution < -0.4 is 5.32 Å². The highest BCUT2D eigenvalue weighted by Gasteiger charge is 2.36. The number of carbonyl (C=O) groups is 1. The van der Waals surface area contributed by atoms with Gasteiger partial charge in [0.15, 0.2) is 0 Å². The molecule has 1 atom stereocenters. The zero-order valence-electron chi connectivity index (χ0n) is 12.7. The molecule has 2 aliphatic heterocycles. The number of rotatable bonds is 2. The highest BCUT2D eigenvalue weighted by Crippen LogP contribution is 2.28. The first-order valence-corrected chi connectivity index (χ1v) is 7.40. The second-order valence-corrected chi connectivity index (χ2v) is 6.48. The molecule has 2 aliphatic rings. The van der Waals surface area contributed by atoms with Gasteiger partial charge in [0.25, 0.3) is 5.92 Å². The average molecular weight is 306 g/mol. The van der Waals surface area contributed by atoms with Crippen LogP contribution in [-0.4, -0.2) is 61.9 Å². The molecule has 1 unspecified atom stereocenters. The highest BCUT2D eigenvalue weighted by molar-refractivity contribution is 5.74. The summed E-state index contributed by atoms with van der Waals surface area (Å²) in [7, 11) is 0. The van der Waals surface area contributed by atoms with E-state index in [4.69, 9.17) is 9.47 Å². The number of amides is 2. The second-order valence-electron chi connectivity index (χ2n) is 6.48. The zero-order chi connectivity index (χ0) is 15.5. The number of nitrogens with one attached hydrogen (secondary N) is 1. The van der Waals surface area contributed by atoms with Gasteiger partial charge in [0.2, 0.25) is 0 Å². The van der Waals surface area contributed by atoms with E-state index in [0.29, 0.717) is 19.1 Å². The number of halogens is 2. The first kappa shape index (κ1) is 16.4. The Hall–Kier alpha value is -0.950. The minimum atomic E-state index is -2.98. The molecule has 2 amide bonds. The average Bonchev–Trinajstić information content (AvgIpc) is 2.56. The van der Waals surface area contributed by atoms with Gasteiger partial charge in [-0.3, -0.25) is 0 Å². The van der Waals surface area contributed by atoms with Crippen LogP contribution in [-0.2, 0) is 9.47 Å². The predicted molar refractivity (Wildman–Crippen MR) is 73.5 cm³/mol. The Labute approximate surface area is 124 Å². The molecule has 5 nitrogen and oxygen atoms in total. The van der Waals surface area contributed by atoms with E-state index < -0.39 is 25.1 Å². The quantitative estimate of drug-likeness (QED) is 0.847. The molecular formula is C14H24F2N2O3. The molecule has 0 aromatic carbocycles. The van der Waals surface area contributed by atoms with Crippen molar-refractivity contribution in [3.05, 3.63) is 0 Å². The number of urea groups is 1. The topological polar surface area (TPSA) is 50.8 Å². The third-order valence-electron chi connectivity index (χ3n) is 3.87. The first-order chi connectivity index (χ1) is 9.77. The van der Waals surface area contributed by atoms with E-state index in [1.54, 1.807) is 0 Å². The third kappa shape index (κ3) is 5.07. The van der Waals surface area contributed by atoms with E-state index in [2.05, 4.69) is 5.32 Å². The van der Waals surface area contributed by atoms with Gasteiger partial charge in [-0.1, -0.05) is 0 Å². The van der Waals surface area contributed by atoms with Crippen LogP contribution in [0.3, 0.4) is 0 Å². The van der Waals surface area contributed by atoms with Gasteiger partial charge in [0.1, 0.15) is 6.61 Å². The third-order valence-corrected chi connectivity index (χ3v) is 3.87. The van der Waals surface area contributed by atoms with Gasteiger partial charge in [-0.2, -0.15) is 0 Å². The van der Waals surface area contributed by atoms with Gasteiger partial charge < -0.3 is 19.7 Å². The summed E-state index contributed by atoms with van der Waals surface area (Å²) in [4.78, 5) is 13.2. The number of hydrogen-bond acceptors (Lipinski definition) is 3. The van der Waals surface area contributed by atoms with Crippen molar-refractivity contribution in [2.24, 2.45) is 5.92 Å². The van der Waals surface area contributed by atoms with Crippen molar-refractivity contribution in [2.75, 3.05) is 39.5 Å². The van der Waals surface area contributed by atoms with E-state index in [1.165, 1.54) is 0 Å². The Morgan fingerprint density at radius 1 is 1.38 bits per heavy atom. The molecule has 0 aliphatic carbocycles. The minimum absolute atomic E-state index is 0.146. The molecular weight excluding hydrogens is 282 g/mol. The molecule has 2 heterocycles. The van der Waals surface area contributed by atoms with Gasteiger partial charge in [-0.25, -0.2) is 13.6 Å². The Kier molecular flexibility index (Phi) is 5.03. The lowest BCUT2D eigenvalue weighted by Gasteiger charge is -2.36. The monoisotopic (exact) mass is 306 g/mol. The molecule has 0 bridgehead atoms. The van der Waals surface area contributed by atoms with E-state index in [0.717, 1.165) is 17.7 Å². The summed E-state index contributed by atoms with van der Waals surface area (Å²) in [5.74, 6) is -2.66. The first-order valence-electron chi connectivity index (χ1n) is 7.40. The predicted octanol–water partition coefficient (Wildman–Crippen LogP) is 1.87. The maximum Gasteiger partial charge on any atom is 0.317 e. The van der Waals surface area contributed by atoms with Gasteiger partial charge in [0.05, 0.1) is 18.8 Å². The van der Waals surface area contributed by atoms with E-state index >= 15 is 0 Å². The van der Waals surface area contributed by atoms with E-state index in [9.17, 15) is 13.6 Å². The Bertz CT molecular complexity index is 377. The smallest absolute Gasteiger partial charge is 0.317 e. The van der Waals surface area contributed by atoms with Gasteiger partial charge in [-0.05, 0) is 32.6 Å². The maximum atomic E-state index is 13.4. The van der Waals surface area contributed by atoms with E-state index in [1.807, 2.05) is 13.8 Å². The van der Waals surface area contributed by atoms with Crippen molar-refractivity contribution < 1.29 is 23.0 Å². The van der Waals surface area contributed by atoms with Crippen molar-refractivity contribution in [3.8, 4) is 0 Å². The summed E-state index contributed by atoms with van der Waals surface area (Å²) in [6.45, 7) is 4.34. The second kappa shape index (κ2) is 6.44. The van der Waals surface area contributed by atoms with Crippen molar-refractivity contribution in [1.29, 1.82) is 0 Å². The number of alkyl halides is 2. The van der Waals surface area contributed by atoms with Crippen LogP contribution in [0.15, 0.2) is 0 Å². The van der Waals surface area contributed by atoms with Crippen LogP contribution in [0.4, 0.5) is 13.6 Å². The summed E-state index contributed by atoms with van der Waals surface area (Å²) < 4.78 is 37.3. The summed E-state index contributed by atoms with van der Waals surface area (Å²) in [5, 5.41) is 2.77. The summed E-state index contributed by atoms with van der Waals surface area (Å²) in [6.07, 6.45) is 1.73. The van der Waals surface area contributed by atoms with Crippen molar-refractivity contribution in [3.63, 3.8) is 0 Å². The van der Waals surface area contributed by atoms with Crippen LogP contribution in [0.1, 0.15) is 26.7 Å². The molecule has 122 valence electrons. The summed E-state index contributed by atoms with van der Waals surface area (Å²) >= 11 is 0. The van der Waals surface area contributed by atoms with Crippen LogP contribution >= 0.6 is 0 Å². The van der Waals surface area contributed by atoms with Crippen LogP contribution in [0.25, 0.3) is 0 Å². The minimum Gasteiger partial charge on any atom is -0.376 e. The molecule has 0 aromatic heterocycles. The Morgan fingerprint density at radius 3 is 2.86 bits per heavy atom. The lowest BCUT2D eigenvalue weighted by Crippen LogP contribution is -2.48. The van der Waals surface area contributed by atoms with Gasteiger partial charge in [-0.15, -0.1) is 0 Å². The number of hydrogen-bond donors (Lipinski definition) is 1. The molecule has 2 fully saturated rings. The fourth-order valence-corrected chi connectivity index (χ4v) is 2.85. The maximum absolute atomic E-state index is 13.4. The highest BCUT2D eigenvalue weighted by atomic mass is 19.3. The number of nitrogens with zero attached hydrogens (tertiary/aromatic N) is 1. The Morgan fingerprint density at radius 2 is 2.14 bits per heavy atom. The fourth-order valence-electron chi connectivity index (χ4n) is 2.85.